The largest absolute Gasteiger partial charge is 0.394 e. The number of hydrogen-bond acceptors (Lipinski definition) is 3. The number of fused-ring (bicyclic) bond motifs is 1. The summed E-state index contributed by atoms with van der Waals surface area (Å²) in [6.45, 7) is 2.59. The first-order valence-electron chi connectivity index (χ1n) is 6.36. The molecular formula is C14H19ClN2O2. The van der Waals surface area contributed by atoms with Crippen LogP contribution in [0, 0.1) is 0 Å². The third-order valence-electron chi connectivity index (χ3n) is 3.01. The molecule has 1 heterocycles. The quantitative estimate of drug-likeness (QED) is 0.764. The lowest BCUT2D eigenvalue weighted by atomic mass is 10.2. The number of hydrogen-bond donors (Lipinski definition) is 2. The standard InChI is InChI=1S/C14H19ClN2O2/c1-16-9-11-10-17(4-6-19-7-5-18)14-8-12(15)2-3-13(11)14/h2-3,8,10,16,18H,4-7,9H2,1H3. The van der Waals surface area contributed by atoms with Gasteiger partial charge in [-0.2, -0.15) is 0 Å². The molecule has 0 spiro atoms. The summed E-state index contributed by atoms with van der Waals surface area (Å²) in [5.41, 5.74) is 2.36. The second-order valence-electron chi connectivity index (χ2n) is 4.38. The number of halogens is 1. The van der Waals surface area contributed by atoms with Crippen molar-refractivity contribution in [3.63, 3.8) is 0 Å². The number of rotatable bonds is 7. The molecule has 0 saturated heterocycles. The van der Waals surface area contributed by atoms with Crippen LogP contribution < -0.4 is 5.32 Å². The summed E-state index contributed by atoms with van der Waals surface area (Å²) in [6.07, 6.45) is 2.12. The van der Waals surface area contributed by atoms with E-state index in [-0.39, 0.29) is 6.61 Å². The summed E-state index contributed by atoms with van der Waals surface area (Å²) < 4.78 is 7.46. The van der Waals surface area contributed by atoms with Gasteiger partial charge in [0.05, 0.1) is 19.8 Å². The molecule has 104 valence electrons. The molecule has 0 radical (unpaired) electrons. The second-order valence-corrected chi connectivity index (χ2v) is 4.81. The molecule has 0 unspecified atom stereocenters. The van der Waals surface area contributed by atoms with Crippen molar-refractivity contribution in [2.75, 3.05) is 26.9 Å². The Labute approximate surface area is 117 Å². The van der Waals surface area contributed by atoms with Gasteiger partial charge in [-0.25, -0.2) is 0 Å². The maximum absolute atomic E-state index is 8.69. The van der Waals surface area contributed by atoms with Gasteiger partial charge in [-0.05, 0) is 24.7 Å². The van der Waals surface area contributed by atoms with E-state index < -0.39 is 0 Å². The smallest absolute Gasteiger partial charge is 0.0698 e. The lowest BCUT2D eigenvalue weighted by molar-refractivity contribution is 0.0875. The zero-order valence-electron chi connectivity index (χ0n) is 11.0. The molecule has 0 aliphatic rings. The number of aromatic nitrogens is 1. The van der Waals surface area contributed by atoms with Gasteiger partial charge < -0.3 is 19.7 Å². The Balaban J connectivity index is 2.23. The second kappa shape index (κ2) is 6.91. The lowest BCUT2D eigenvalue weighted by Gasteiger charge is -2.06. The van der Waals surface area contributed by atoms with Crippen molar-refractivity contribution < 1.29 is 9.84 Å². The topological polar surface area (TPSA) is 46.4 Å². The molecule has 0 atom stereocenters. The van der Waals surface area contributed by atoms with Gasteiger partial charge in [-0.1, -0.05) is 17.7 Å². The summed E-state index contributed by atoms with van der Waals surface area (Å²) in [6, 6.07) is 5.94. The summed E-state index contributed by atoms with van der Waals surface area (Å²) in [5.74, 6) is 0. The minimum atomic E-state index is 0.0588. The Morgan fingerprint density at radius 3 is 2.95 bits per heavy atom. The number of ether oxygens (including phenoxy) is 1. The van der Waals surface area contributed by atoms with Crippen LogP contribution in [-0.4, -0.2) is 36.5 Å². The van der Waals surface area contributed by atoms with Gasteiger partial charge in [0.1, 0.15) is 0 Å². The van der Waals surface area contributed by atoms with Crippen LogP contribution in [0.4, 0.5) is 0 Å². The highest BCUT2D eigenvalue weighted by atomic mass is 35.5. The Morgan fingerprint density at radius 1 is 1.37 bits per heavy atom. The van der Waals surface area contributed by atoms with E-state index in [1.807, 2.05) is 19.2 Å². The van der Waals surface area contributed by atoms with Gasteiger partial charge in [-0.3, -0.25) is 0 Å². The third-order valence-corrected chi connectivity index (χ3v) is 3.24. The van der Waals surface area contributed by atoms with Gasteiger partial charge in [0.25, 0.3) is 0 Å². The zero-order valence-corrected chi connectivity index (χ0v) is 11.8. The van der Waals surface area contributed by atoms with Crippen LogP contribution in [0.25, 0.3) is 10.9 Å². The van der Waals surface area contributed by atoms with Crippen LogP contribution >= 0.6 is 11.6 Å². The first kappa shape index (κ1) is 14.3. The van der Waals surface area contributed by atoms with Gasteiger partial charge in [0, 0.05) is 35.2 Å². The molecule has 4 nitrogen and oxygen atoms in total. The van der Waals surface area contributed by atoms with E-state index in [1.165, 1.54) is 10.9 Å². The van der Waals surface area contributed by atoms with Crippen molar-refractivity contribution in [1.82, 2.24) is 9.88 Å². The molecular weight excluding hydrogens is 264 g/mol. The summed E-state index contributed by atoms with van der Waals surface area (Å²) in [5, 5.41) is 13.8. The Bertz CT molecular complexity index is 539. The van der Waals surface area contributed by atoms with Gasteiger partial charge in [0.2, 0.25) is 0 Å². The molecule has 2 rings (SSSR count). The maximum atomic E-state index is 8.69. The normalized spacial score (nSPS) is 11.3. The van der Waals surface area contributed by atoms with Crippen molar-refractivity contribution in [1.29, 1.82) is 0 Å². The van der Waals surface area contributed by atoms with Crippen molar-refractivity contribution in [2.45, 2.75) is 13.1 Å². The van der Waals surface area contributed by atoms with E-state index in [1.54, 1.807) is 0 Å². The number of benzene rings is 1. The average molecular weight is 283 g/mol. The molecule has 0 aliphatic carbocycles. The molecule has 0 saturated carbocycles. The summed E-state index contributed by atoms with van der Waals surface area (Å²) >= 11 is 6.07. The first-order valence-corrected chi connectivity index (χ1v) is 6.74. The lowest BCUT2D eigenvalue weighted by Crippen LogP contribution is -2.08. The molecule has 0 fully saturated rings. The van der Waals surface area contributed by atoms with Gasteiger partial charge in [0.15, 0.2) is 0 Å². The van der Waals surface area contributed by atoms with Crippen molar-refractivity contribution in [3.05, 3.63) is 35.0 Å². The Kier molecular flexibility index (Phi) is 5.22. The highest BCUT2D eigenvalue weighted by Crippen LogP contribution is 2.24. The molecule has 0 amide bonds. The van der Waals surface area contributed by atoms with Crippen LogP contribution in [0.15, 0.2) is 24.4 Å². The molecule has 19 heavy (non-hydrogen) atoms. The van der Waals surface area contributed by atoms with Crippen LogP contribution in [0.3, 0.4) is 0 Å². The van der Waals surface area contributed by atoms with Gasteiger partial charge in [-0.15, -0.1) is 0 Å². The Morgan fingerprint density at radius 2 is 2.21 bits per heavy atom. The molecule has 2 aromatic rings. The van der Waals surface area contributed by atoms with E-state index in [9.17, 15) is 0 Å². The summed E-state index contributed by atoms with van der Waals surface area (Å²) in [4.78, 5) is 0. The SMILES string of the molecule is CNCc1cn(CCOCCO)c2cc(Cl)ccc12. The maximum Gasteiger partial charge on any atom is 0.0698 e. The van der Waals surface area contributed by atoms with Crippen LogP contribution in [0.5, 0.6) is 0 Å². The molecule has 0 bridgehead atoms. The van der Waals surface area contributed by atoms with Gasteiger partial charge >= 0.3 is 0 Å². The molecule has 0 aliphatic heterocycles. The van der Waals surface area contributed by atoms with Crippen LogP contribution in [0.2, 0.25) is 5.02 Å². The molecule has 5 heteroatoms. The monoisotopic (exact) mass is 282 g/mol. The predicted molar refractivity (Wildman–Crippen MR) is 77.6 cm³/mol. The highest BCUT2D eigenvalue weighted by Gasteiger charge is 2.08. The average Bonchev–Trinajstić information content (AvgIpc) is 2.73. The molecule has 2 N–H and O–H groups in total. The van der Waals surface area contributed by atoms with E-state index in [0.29, 0.717) is 13.2 Å². The third kappa shape index (κ3) is 3.48. The minimum Gasteiger partial charge on any atom is -0.394 e. The zero-order chi connectivity index (χ0) is 13.7. The Hall–Kier alpha value is -1.07. The minimum absolute atomic E-state index is 0.0588. The first-order chi connectivity index (χ1) is 9.26. The van der Waals surface area contributed by atoms with Crippen molar-refractivity contribution in [3.8, 4) is 0 Å². The molecule has 1 aromatic carbocycles. The fraction of sp³-hybridized carbons (Fsp3) is 0.429. The van der Waals surface area contributed by atoms with E-state index in [0.717, 1.165) is 23.6 Å². The fourth-order valence-electron chi connectivity index (χ4n) is 2.19. The number of nitrogens with one attached hydrogen (secondary N) is 1. The van der Waals surface area contributed by atoms with Crippen LogP contribution in [-0.2, 0) is 17.8 Å². The predicted octanol–water partition coefficient (Wildman–Crippen LogP) is 2.02. The van der Waals surface area contributed by atoms with Crippen molar-refractivity contribution >= 4 is 22.5 Å². The van der Waals surface area contributed by atoms with E-state index >= 15 is 0 Å². The number of aliphatic hydroxyl groups is 1. The summed E-state index contributed by atoms with van der Waals surface area (Å²) in [7, 11) is 1.93. The van der Waals surface area contributed by atoms with E-state index in [4.69, 9.17) is 21.4 Å². The number of aliphatic hydroxyl groups excluding tert-OH is 1. The highest BCUT2D eigenvalue weighted by molar-refractivity contribution is 6.31. The molecule has 1 aromatic heterocycles. The number of nitrogens with zero attached hydrogens (tertiary/aromatic N) is 1. The van der Waals surface area contributed by atoms with E-state index in [2.05, 4.69) is 22.1 Å². The van der Waals surface area contributed by atoms with Crippen LogP contribution in [0.1, 0.15) is 5.56 Å². The fourth-order valence-corrected chi connectivity index (χ4v) is 2.35. The van der Waals surface area contributed by atoms with Crippen molar-refractivity contribution in [2.24, 2.45) is 0 Å².